The minimum Gasteiger partial charge on any atom is -0.372 e. The molecule has 1 aromatic heterocycles. The summed E-state index contributed by atoms with van der Waals surface area (Å²) >= 11 is 1.64. The van der Waals surface area contributed by atoms with Gasteiger partial charge in [0.2, 0.25) is 0 Å². The van der Waals surface area contributed by atoms with Crippen LogP contribution in [0.3, 0.4) is 0 Å². The molecule has 0 radical (unpaired) electrons. The van der Waals surface area contributed by atoms with Crippen molar-refractivity contribution in [1.82, 2.24) is 4.98 Å². The summed E-state index contributed by atoms with van der Waals surface area (Å²) in [5.41, 5.74) is 5.86. The van der Waals surface area contributed by atoms with Gasteiger partial charge in [-0.05, 0) is 49.6 Å². The number of nitrogens with one attached hydrogen (secondary N) is 1. The molecule has 0 bridgehead atoms. The first-order chi connectivity index (χ1) is 12.6. The monoisotopic (exact) mass is 365 g/mol. The Labute approximate surface area is 160 Å². The quantitative estimate of drug-likeness (QED) is 0.516. The van der Waals surface area contributed by atoms with Crippen molar-refractivity contribution in [2.45, 2.75) is 33.6 Å². The van der Waals surface area contributed by atoms with Gasteiger partial charge in [0.25, 0.3) is 0 Å². The average molecular weight is 366 g/mol. The topological polar surface area (TPSA) is 28.2 Å². The highest BCUT2D eigenvalue weighted by Crippen LogP contribution is 2.29. The van der Waals surface area contributed by atoms with E-state index in [4.69, 9.17) is 4.98 Å². The Morgan fingerprint density at radius 1 is 0.962 bits per heavy atom. The van der Waals surface area contributed by atoms with Crippen LogP contribution in [0, 0.1) is 0 Å². The molecule has 3 aromatic rings. The molecule has 3 nitrogen and oxygen atoms in total. The Morgan fingerprint density at radius 2 is 1.62 bits per heavy atom. The van der Waals surface area contributed by atoms with E-state index in [0.717, 1.165) is 35.2 Å². The molecule has 3 rings (SSSR count). The van der Waals surface area contributed by atoms with Gasteiger partial charge in [-0.2, -0.15) is 0 Å². The largest absolute Gasteiger partial charge is 0.372 e. The summed E-state index contributed by atoms with van der Waals surface area (Å²) in [4.78, 5) is 7.08. The summed E-state index contributed by atoms with van der Waals surface area (Å²) in [7, 11) is 0. The predicted molar refractivity (Wildman–Crippen MR) is 115 cm³/mol. The highest BCUT2D eigenvalue weighted by Gasteiger charge is 2.07. The molecule has 26 heavy (non-hydrogen) atoms. The first kappa shape index (κ1) is 18.5. The van der Waals surface area contributed by atoms with Crippen LogP contribution in [0.2, 0.25) is 0 Å². The van der Waals surface area contributed by atoms with E-state index in [9.17, 15) is 0 Å². The van der Waals surface area contributed by atoms with Gasteiger partial charge in [-0.1, -0.05) is 38.1 Å². The third-order valence-electron chi connectivity index (χ3n) is 4.62. The summed E-state index contributed by atoms with van der Waals surface area (Å²) in [6, 6.07) is 17.3. The minimum absolute atomic E-state index is 0.552. The highest BCUT2D eigenvalue weighted by molar-refractivity contribution is 7.14. The fourth-order valence-corrected chi connectivity index (χ4v) is 3.71. The number of rotatable bonds is 7. The number of hydrogen-bond donors (Lipinski definition) is 1. The van der Waals surface area contributed by atoms with Gasteiger partial charge in [0.15, 0.2) is 5.13 Å². The van der Waals surface area contributed by atoms with E-state index in [1.807, 2.05) is 0 Å². The zero-order chi connectivity index (χ0) is 18.5. The van der Waals surface area contributed by atoms with Crippen molar-refractivity contribution in [3.63, 3.8) is 0 Å². The lowest BCUT2D eigenvalue weighted by atomic mass is 10.0. The van der Waals surface area contributed by atoms with Crippen molar-refractivity contribution in [1.29, 1.82) is 0 Å². The molecular weight excluding hydrogens is 338 g/mol. The lowest BCUT2D eigenvalue weighted by Gasteiger charge is -2.21. The maximum absolute atomic E-state index is 4.74. The molecule has 1 heterocycles. The number of hydrogen-bond acceptors (Lipinski definition) is 4. The van der Waals surface area contributed by atoms with E-state index in [2.05, 4.69) is 91.8 Å². The van der Waals surface area contributed by atoms with Crippen LogP contribution in [0.4, 0.5) is 16.5 Å². The van der Waals surface area contributed by atoms with Crippen LogP contribution in [0.25, 0.3) is 11.3 Å². The fourth-order valence-electron chi connectivity index (χ4n) is 2.97. The molecule has 1 N–H and O–H groups in total. The number of aromatic nitrogens is 1. The Morgan fingerprint density at radius 3 is 2.19 bits per heavy atom. The van der Waals surface area contributed by atoms with Crippen molar-refractivity contribution in [2.75, 3.05) is 23.3 Å². The van der Waals surface area contributed by atoms with Crippen molar-refractivity contribution >= 4 is 27.8 Å². The van der Waals surface area contributed by atoms with E-state index in [1.54, 1.807) is 11.3 Å². The molecular formula is C22H27N3S. The summed E-state index contributed by atoms with van der Waals surface area (Å²) in [6.45, 7) is 10.8. The number of benzene rings is 2. The van der Waals surface area contributed by atoms with Crippen molar-refractivity contribution in [2.24, 2.45) is 0 Å². The fraction of sp³-hybridized carbons (Fsp3) is 0.318. The summed E-state index contributed by atoms with van der Waals surface area (Å²) < 4.78 is 0. The molecule has 0 fully saturated rings. The predicted octanol–water partition coefficient (Wildman–Crippen LogP) is 6.52. The van der Waals surface area contributed by atoms with Crippen LogP contribution in [0.5, 0.6) is 0 Å². The van der Waals surface area contributed by atoms with Crippen LogP contribution in [0.1, 0.15) is 39.2 Å². The first-order valence-corrected chi connectivity index (χ1v) is 10.2. The van der Waals surface area contributed by atoms with E-state index in [-0.39, 0.29) is 0 Å². The second kappa shape index (κ2) is 8.37. The number of nitrogens with zero attached hydrogens (tertiary/aromatic N) is 2. The highest BCUT2D eigenvalue weighted by atomic mass is 32.1. The third-order valence-corrected chi connectivity index (χ3v) is 5.38. The van der Waals surface area contributed by atoms with Crippen LogP contribution in [-0.2, 0) is 0 Å². The van der Waals surface area contributed by atoms with Crippen molar-refractivity contribution in [3.05, 3.63) is 59.5 Å². The SMILES string of the molecule is CCN(CC)c1ccc(Nc2nc(-c3ccc(C(C)C)cc3)cs2)cc1. The Kier molecular flexibility index (Phi) is 5.94. The molecule has 0 aliphatic heterocycles. The zero-order valence-corrected chi connectivity index (χ0v) is 16.8. The maximum atomic E-state index is 4.74. The van der Waals surface area contributed by atoms with Gasteiger partial charge in [0, 0.05) is 35.4 Å². The van der Waals surface area contributed by atoms with Gasteiger partial charge in [-0.25, -0.2) is 4.98 Å². The molecule has 0 unspecified atom stereocenters. The Balaban J connectivity index is 1.70. The normalized spacial score (nSPS) is 11.0. The van der Waals surface area contributed by atoms with Crippen molar-refractivity contribution in [3.8, 4) is 11.3 Å². The lowest BCUT2D eigenvalue weighted by Crippen LogP contribution is -2.21. The summed E-state index contributed by atoms with van der Waals surface area (Å²) in [5, 5.41) is 6.44. The molecule has 0 aliphatic rings. The Bertz CT molecular complexity index is 815. The molecule has 0 saturated carbocycles. The van der Waals surface area contributed by atoms with Gasteiger partial charge in [-0.3, -0.25) is 0 Å². The molecule has 0 spiro atoms. The van der Waals surface area contributed by atoms with Gasteiger partial charge in [0.05, 0.1) is 5.69 Å². The maximum Gasteiger partial charge on any atom is 0.187 e. The first-order valence-electron chi connectivity index (χ1n) is 9.28. The second-order valence-corrected chi connectivity index (χ2v) is 7.52. The van der Waals surface area contributed by atoms with E-state index < -0.39 is 0 Å². The van der Waals surface area contributed by atoms with Crippen LogP contribution in [-0.4, -0.2) is 18.1 Å². The van der Waals surface area contributed by atoms with Crippen molar-refractivity contribution < 1.29 is 0 Å². The molecule has 2 aromatic carbocycles. The molecule has 0 saturated heterocycles. The third kappa shape index (κ3) is 4.25. The van der Waals surface area contributed by atoms with E-state index in [1.165, 1.54) is 11.3 Å². The smallest absolute Gasteiger partial charge is 0.187 e. The van der Waals surface area contributed by atoms with E-state index in [0.29, 0.717) is 5.92 Å². The average Bonchev–Trinajstić information content (AvgIpc) is 3.12. The standard InChI is InChI=1S/C22H27N3S/c1-5-25(6-2)20-13-11-19(12-14-20)23-22-24-21(15-26-22)18-9-7-17(8-10-18)16(3)4/h7-16H,5-6H2,1-4H3,(H,23,24). The number of thiazole rings is 1. The number of anilines is 3. The van der Waals surface area contributed by atoms with Gasteiger partial charge in [-0.15, -0.1) is 11.3 Å². The molecule has 136 valence electrons. The lowest BCUT2D eigenvalue weighted by molar-refractivity contribution is 0.866. The minimum atomic E-state index is 0.552. The second-order valence-electron chi connectivity index (χ2n) is 6.66. The Hall–Kier alpha value is -2.33. The molecule has 0 atom stereocenters. The zero-order valence-electron chi connectivity index (χ0n) is 16.0. The van der Waals surface area contributed by atoms with Crippen LogP contribution < -0.4 is 10.2 Å². The van der Waals surface area contributed by atoms with Gasteiger partial charge < -0.3 is 10.2 Å². The van der Waals surface area contributed by atoms with E-state index >= 15 is 0 Å². The molecule has 4 heteroatoms. The summed E-state index contributed by atoms with van der Waals surface area (Å²) in [5.74, 6) is 0.552. The van der Waals surface area contributed by atoms with Crippen LogP contribution in [0.15, 0.2) is 53.9 Å². The summed E-state index contributed by atoms with van der Waals surface area (Å²) in [6.07, 6.45) is 0. The molecule has 0 amide bonds. The molecule has 0 aliphatic carbocycles. The van der Waals surface area contributed by atoms with Crippen LogP contribution >= 0.6 is 11.3 Å². The van der Waals surface area contributed by atoms with Gasteiger partial charge in [0.1, 0.15) is 0 Å². The van der Waals surface area contributed by atoms with Gasteiger partial charge >= 0.3 is 0 Å².